The first-order chi connectivity index (χ1) is 7.69. The summed E-state index contributed by atoms with van der Waals surface area (Å²) >= 11 is 0. The second-order valence-corrected chi connectivity index (χ2v) is 4.62. The topological polar surface area (TPSA) is 64.3 Å². The van der Waals surface area contributed by atoms with Crippen molar-refractivity contribution in [3.05, 3.63) is 0 Å². The van der Waals surface area contributed by atoms with Crippen LogP contribution in [0, 0.1) is 11.8 Å². The highest BCUT2D eigenvalue weighted by Gasteiger charge is 2.32. The Morgan fingerprint density at radius 3 is 2.81 bits per heavy atom. The minimum Gasteiger partial charge on any atom is -0.370 e. The molecule has 0 aromatic rings. The molecule has 16 heavy (non-hydrogen) atoms. The van der Waals surface area contributed by atoms with Crippen LogP contribution in [0.2, 0.25) is 0 Å². The van der Waals surface area contributed by atoms with E-state index in [0.717, 1.165) is 12.3 Å². The van der Waals surface area contributed by atoms with Crippen LogP contribution in [0.5, 0.6) is 0 Å². The van der Waals surface area contributed by atoms with Gasteiger partial charge in [-0.1, -0.05) is 20.3 Å². The second-order valence-electron chi connectivity index (χ2n) is 4.62. The minimum absolute atomic E-state index is 0.0120. The van der Waals surface area contributed by atoms with Gasteiger partial charge in [0.15, 0.2) is 0 Å². The highest BCUT2D eigenvalue weighted by molar-refractivity contribution is 5.77. The molecule has 0 aromatic heterocycles. The molecule has 4 nitrogen and oxygen atoms in total. The smallest absolute Gasteiger partial charge is 0.246 e. The van der Waals surface area contributed by atoms with Gasteiger partial charge in [0.25, 0.3) is 0 Å². The lowest BCUT2D eigenvalue weighted by Crippen LogP contribution is -2.39. The number of nitrogens with two attached hydrogens (primary N) is 1. The summed E-state index contributed by atoms with van der Waals surface area (Å²) in [5, 5.41) is 3.05. The molecule has 0 radical (unpaired) electrons. The molecule has 1 rings (SSSR count). The SMILES string of the molecule is CCC1CCC(NC(=O)COCCN)C1C. The van der Waals surface area contributed by atoms with E-state index >= 15 is 0 Å². The van der Waals surface area contributed by atoms with Crippen LogP contribution in [0.15, 0.2) is 0 Å². The molecule has 1 amide bonds. The van der Waals surface area contributed by atoms with Crippen molar-refractivity contribution in [1.82, 2.24) is 5.32 Å². The van der Waals surface area contributed by atoms with Gasteiger partial charge in [-0.05, 0) is 24.7 Å². The third-order valence-electron chi connectivity index (χ3n) is 3.59. The molecule has 4 heteroatoms. The van der Waals surface area contributed by atoms with Crippen LogP contribution in [0.25, 0.3) is 0 Å². The minimum atomic E-state index is -0.0120. The molecule has 0 heterocycles. The average Bonchev–Trinajstić information content (AvgIpc) is 2.60. The third kappa shape index (κ3) is 3.76. The van der Waals surface area contributed by atoms with Gasteiger partial charge in [-0.15, -0.1) is 0 Å². The van der Waals surface area contributed by atoms with Crippen molar-refractivity contribution in [3.63, 3.8) is 0 Å². The van der Waals surface area contributed by atoms with Crippen LogP contribution in [-0.4, -0.2) is 31.7 Å². The number of rotatable bonds is 6. The van der Waals surface area contributed by atoms with Crippen LogP contribution >= 0.6 is 0 Å². The molecule has 0 bridgehead atoms. The van der Waals surface area contributed by atoms with E-state index in [9.17, 15) is 4.79 Å². The maximum absolute atomic E-state index is 11.5. The maximum atomic E-state index is 11.5. The van der Waals surface area contributed by atoms with E-state index in [4.69, 9.17) is 10.5 Å². The Labute approximate surface area is 97.9 Å². The number of hydrogen-bond acceptors (Lipinski definition) is 3. The Bertz CT molecular complexity index is 221. The van der Waals surface area contributed by atoms with Crippen molar-refractivity contribution in [3.8, 4) is 0 Å². The molecule has 3 unspecified atom stereocenters. The lowest BCUT2D eigenvalue weighted by atomic mass is 9.93. The number of nitrogens with one attached hydrogen (secondary N) is 1. The van der Waals surface area contributed by atoms with Crippen LogP contribution < -0.4 is 11.1 Å². The Morgan fingerprint density at radius 2 is 2.25 bits per heavy atom. The van der Waals surface area contributed by atoms with Gasteiger partial charge in [-0.25, -0.2) is 0 Å². The van der Waals surface area contributed by atoms with Crippen LogP contribution in [0.4, 0.5) is 0 Å². The van der Waals surface area contributed by atoms with E-state index in [-0.39, 0.29) is 12.5 Å². The Morgan fingerprint density at radius 1 is 1.50 bits per heavy atom. The van der Waals surface area contributed by atoms with Crippen molar-refractivity contribution in [2.45, 2.75) is 39.2 Å². The predicted octanol–water partition coefficient (Wildman–Crippen LogP) is 0.903. The van der Waals surface area contributed by atoms with Crippen molar-refractivity contribution in [2.75, 3.05) is 19.8 Å². The van der Waals surface area contributed by atoms with Gasteiger partial charge < -0.3 is 15.8 Å². The zero-order chi connectivity index (χ0) is 12.0. The first kappa shape index (κ1) is 13.5. The third-order valence-corrected chi connectivity index (χ3v) is 3.59. The van der Waals surface area contributed by atoms with Gasteiger partial charge in [-0.2, -0.15) is 0 Å². The summed E-state index contributed by atoms with van der Waals surface area (Å²) in [6.07, 6.45) is 3.53. The number of hydrogen-bond donors (Lipinski definition) is 2. The zero-order valence-electron chi connectivity index (χ0n) is 10.4. The van der Waals surface area contributed by atoms with E-state index in [1.165, 1.54) is 12.8 Å². The molecule has 3 N–H and O–H groups in total. The van der Waals surface area contributed by atoms with E-state index in [0.29, 0.717) is 25.1 Å². The molecule has 1 aliphatic carbocycles. The standard InChI is InChI=1S/C12H24N2O2/c1-3-10-4-5-11(9(10)2)14-12(15)8-16-7-6-13/h9-11H,3-8,13H2,1-2H3,(H,14,15). The lowest BCUT2D eigenvalue weighted by molar-refractivity contribution is -0.126. The molecule has 1 saturated carbocycles. The monoisotopic (exact) mass is 228 g/mol. The van der Waals surface area contributed by atoms with E-state index in [2.05, 4.69) is 19.2 Å². The molecular weight excluding hydrogens is 204 g/mol. The van der Waals surface area contributed by atoms with E-state index in [1.807, 2.05) is 0 Å². The Kier molecular flexibility index (Phi) is 5.77. The van der Waals surface area contributed by atoms with Crippen molar-refractivity contribution in [2.24, 2.45) is 17.6 Å². The van der Waals surface area contributed by atoms with Crippen LogP contribution in [0.3, 0.4) is 0 Å². The first-order valence-electron chi connectivity index (χ1n) is 6.26. The molecule has 3 atom stereocenters. The quantitative estimate of drug-likeness (QED) is 0.664. The normalized spacial score (nSPS) is 29.3. The summed E-state index contributed by atoms with van der Waals surface area (Å²) in [6, 6.07) is 0.332. The van der Waals surface area contributed by atoms with Crippen molar-refractivity contribution >= 4 is 5.91 Å². The van der Waals surface area contributed by atoms with Crippen LogP contribution in [-0.2, 0) is 9.53 Å². The van der Waals surface area contributed by atoms with Crippen molar-refractivity contribution < 1.29 is 9.53 Å². The summed E-state index contributed by atoms with van der Waals surface area (Å²) in [4.78, 5) is 11.5. The summed E-state index contributed by atoms with van der Waals surface area (Å²) in [5.41, 5.74) is 5.28. The van der Waals surface area contributed by atoms with Crippen molar-refractivity contribution in [1.29, 1.82) is 0 Å². The van der Waals surface area contributed by atoms with Gasteiger partial charge in [0.1, 0.15) is 6.61 Å². The number of carbonyl (C=O) groups excluding carboxylic acids is 1. The number of carbonyl (C=O) groups is 1. The van der Waals surface area contributed by atoms with Crippen LogP contribution in [0.1, 0.15) is 33.1 Å². The summed E-state index contributed by atoms with van der Waals surface area (Å²) < 4.78 is 5.11. The Hall–Kier alpha value is -0.610. The number of amides is 1. The molecule has 1 fully saturated rings. The molecule has 0 saturated heterocycles. The predicted molar refractivity (Wildman–Crippen MR) is 64.0 cm³/mol. The zero-order valence-corrected chi connectivity index (χ0v) is 10.4. The fourth-order valence-electron chi connectivity index (χ4n) is 2.52. The summed E-state index contributed by atoms with van der Waals surface area (Å²) in [7, 11) is 0. The maximum Gasteiger partial charge on any atom is 0.246 e. The highest BCUT2D eigenvalue weighted by atomic mass is 16.5. The van der Waals surface area contributed by atoms with Gasteiger partial charge >= 0.3 is 0 Å². The van der Waals surface area contributed by atoms with Gasteiger partial charge in [-0.3, -0.25) is 4.79 Å². The Balaban J connectivity index is 2.24. The number of ether oxygens (including phenoxy) is 1. The van der Waals surface area contributed by atoms with Gasteiger partial charge in [0.2, 0.25) is 5.91 Å². The summed E-state index contributed by atoms with van der Waals surface area (Å²) in [6.45, 7) is 5.50. The van der Waals surface area contributed by atoms with Gasteiger partial charge in [0, 0.05) is 12.6 Å². The molecule has 1 aliphatic rings. The average molecular weight is 228 g/mol. The largest absolute Gasteiger partial charge is 0.370 e. The molecule has 0 spiro atoms. The molecule has 94 valence electrons. The molecular formula is C12H24N2O2. The summed E-state index contributed by atoms with van der Waals surface area (Å²) in [5.74, 6) is 1.33. The lowest BCUT2D eigenvalue weighted by Gasteiger charge is -2.20. The first-order valence-corrected chi connectivity index (χ1v) is 6.26. The highest BCUT2D eigenvalue weighted by Crippen LogP contribution is 2.33. The molecule has 0 aromatic carbocycles. The fraction of sp³-hybridized carbons (Fsp3) is 0.917. The fourth-order valence-corrected chi connectivity index (χ4v) is 2.52. The second kappa shape index (κ2) is 6.86. The van der Waals surface area contributed by atoms with E-state index in [1.54, 1.807) is 0 Å². The van der Waals surface area contributed by atoms with Gasteiger partial charge in [0.05, 0.1) is 6.61 Å². The molecule has 0 aliphatic heterocycles. The van der Waals surface area contributed by atoms with E-state index < -0.39 is 0 Å².